The first kappa shape index (κ1) is 25.0. The van der Waals surface area contributed by atoms with E-state index in [1.165, 1.54) is 12.3 Å². The van der Waals surface area contributed by atoms with Gasteiger partial charge in [0, 0.05) is 18.4 Å². The van der Waals surface area contributed by atoms with Crippen molar-refractivity contribution < 1.29 is 23.5 Å². The maximum atomic E-state index is 15.4. The summed E-state index contributed by atoms with van der Waals surface area (Å²) in [5.74, 6) is -0.846. The summed E-state index contributed by atoms with van der Waals surface area (Å²) in [6, 6.07) is 14.4. The Morgan fingerprint density at radius 1 is 0.941 bits per heavy atom. The van der Waals surface area contributed by atoms with E-state index in [0.29, 0.717) is 22.5 Å². The summed E-state index contributed by atoms with van der Waals surface area (Å²) in [7, 11) is 0. The van der Waals surface area contributed by atoms with Crippen LogP contribution in [0.5, 0.6) is 0 Å². The van der Waals surface area contributed by atoms with Crippen LogP contribution in [0.4, 0.5) is 25.5 Å². The molecule has 0 spiro atoms. The maximum absolute atomic E-state index is 15.4. The Bertz CT molecular complexity index is 1160. The Balaban J connectivity index is 2.03. The molecule has 0 radical (unpaired) electrons. The van der Waals surface area contributed by atoms with Gasteiger partial charge in [-0.15, -0.1) is 0 Å². The van der Waals surface area contributed by atoms with Crippen molar-refractivity contribution in [1.82, 2.24) is 4.98 Å². The second kappa shape index (κ2) is 9.67. The van der Waals surface area contributed by atoms with E-state index in [1.54, 1.807) is 53.7 Å². The summed E-state index contributed by atoms with van der Waals surface area (Å²) in [5, 5.41) is 3.65. The molecule has 7 nitrogen and oxygen atoms in total. The predicted molar refractivity (Wildman–Crippen MR) is 130 cm³/mol. The molecule has 0 aliphatic carbocycles. The highest BCUT2D eigenvalue weighted by molar-refractivity contribution is 6.14. The molecule has 0 aliphatic rings. The van der Waals surface area contributed by atoms with Gasteiger partial charge in [-0.2, -0.15) is 4.90 Å². The smallest absolute Gasteiger partial charge is 0.425 e. The summed E-state index contributed by atoms with van der Waals surface area (Å²) in [6.45, 7) is 10.5. The number of halogens is 1. The number of nitrogens with zero attached hydrogens (tertiary/aromatic N) is 2. The lowest BCUT2D eigenvalue weighted by molar-refractivity contribution is 0.0429. The van der Waals surface area contributed by atoms with Gasteiger partial charge in [0.2, 0.25) is 0 Å². The zero-order chi connectivity index (χ0) is 25.1. The van der Waals surface area contributed by atoms with Gasteiger partial charge in [-0.25, -0.2) is 19.0 Å². The van der Waals surface area contributed by atoms with Crippen LogP contribution >= 0.6 is 0 Å². The zero-order valence-corrected chi connectivity index (χ0v) is 20.3. The quantitative estimate of drug-likeness (QED) is 0.462. The topological polar surface area (TPSA) is 80.8 Å². The lowest BCUT2D eigenvalue weighted by Crippen LogP contribution is -2.44. The molecule has 0 atom stereocenters. The highest BCUT2D eigenvalue weighted by atomic mass is 19.1. The van der Waals surface area contributed by atoms with E-state index < -0.39 is 29.2 Å². The normalized spacial score (nSPS) is 11.7. The van der Waals surface area contributed by atoms with Gasteiger partial charge in [-0.05, 0) is 70.7 Å². The van der Waals surface area contributed by atoms with E-state index in [4.69, 9.17) is 9.47 Å². The fourth-order valence-electron chi connectivity index (χ4n) is 3.18. The van der Waals surface area contributed by atoms with Gasteiger partial charge >= 0.3 is 12.2 Å². The summed E-state index contributed by atoms with van der Waals surface area (Å²) in [6.07, 6.45) is -0.611. The van der Waals surface area contributed by atoms with Crippen LogP contribution in [-0.4, -0.2) is 28.4 Å². The van der Waals surface area contributed by atoms with Crippen LogP contribution in [0.1, 0.15) is 47.1 Å². The first-order valence-electron chi connectivity index (χ1n) is 11.0. The Morgan fingerprint density at radius 2 is 1.53 bits per heavy atom. The largest absolute Gasteiger partial charge is 0.443 e. The molecule has 3 rings (SSSR count). The first-order valence-corrected chi connectivity index (χ1v) is 11.0. The number of rotatable bonds is 4. The van der Waals surface area contributed by atoms with E-state index in [1.807, 2.05) is 30.3 Å². The number of pyridine rings is 1. The third-order valence-corrected chi connectivity index (χ3v) is 4.50. The number of fused-ring (bicyclic) bond motifs is 1. The first-order chi connectivity index (χ1) is 15.8. The van der Waals surface area contributed by atoms with Crippen molar-refractivity contribution >= 4 is 34.5 Å². The molecule has 1 N–H and O–H groups in total. The van der Waals surface area contributed by atoms with Gasteiger partial charge < -0.3 is 14.8 Å². The predicted octanol–water partition coefficient (Wildman–Crippen LogP) is 6.66. The summed E-state index contributed by atoms with van der Waals surface area (Å²) < 4.78 is 26.2. The molecular weight excluding hydrogens is 437 g/mol. The van der Waals surface area contributed by atoms with Crippen molar-refractivity contribution in [2.75, 3.05) is 10.2 Å². The molecule has 0 unspecified atom stereocenters. The van der Waals surface area contributed by atoms with E-state index in [2.05, 4.69) is 10.3 Å². The number of imide groups is 1. The Morgan fingerprint density at radius 3 is 2.09 bits per heavy atom. The van der Waals surface area contributed by atoms with Crippen LogP contribution in [0, 0.1) is 5.82 Å². The molecule has 0 fully saturated rings. The summed E-state index contributed by atoms with van der Waals surface area (Å²) in [4.78, 5) is 30.8. The Labute approximate surface area is 198 Å². The van der Waals surface area contributed by atoms with E-state index in [-0.39, 0.29) is 11.2 Å². The second-order valence-electron chi connectivity index (χ2n) is 9.83. The number of ether oxygens (including phenoxy) is 2. The molecule has 1 aromatic heterocycles. The lowest BCUT2D eigenvalue weighted by Gasteiger charge is -2.28. The summed E-state index contributed by atoms with van der Waals surface area (Å²) >= 11 is 0. The van der Waals surface area contributed by atoms with Crippen molar-refractivity contribution in [3.05, 3.63) is 66.1 Å². The van der Waals surface area contributed by atoms with E-state index in [9.17, 15) is 9.59 Å². The number of amides is 2. The van der Waals surface area contributed by atoms with Gasteiger partial charge in [0.1, 0.15) is 17.0 Å². The number of hydrogen-bond donors (Lipinski definition) is 1. The minimum atomic E-state index is -1.01. The summed E-state index contributed by atoms with van der Waals surface area (Å²) in [5.41, 5.74) is -0.198. The lowest BCUT2D eigenvalue weighted by atomic mass is 10.1. The fourth-order valence-corrected chi connectivity index (χ4v) is 3.18. The molecule has 0 saturated carbocycles. The SMILES string of the molecule is CC(C)(C)OC(=O)N(C(=O)OC(C)(C)C)c1nccc2cc(NCc3ccccc3)cc(F)c12. The molecular formula is C26H30FN3O4. The van der Waals surface area contributed by atoms with Crippen molar-refractivity contribution in [1.29, 1.82) is 0 Å². The van der Waals surface area contributed by atoms with Crippen LogP contribution in [0.2, 0.25) is 0 Å². The van der Waals surface area contributed by atoms with Crippen molar-refractivity contribution in [3.63, 3.8) is 0 Å². The average Bonchev–Trinajstić information content (AvgIpc) is 2.70. The van der Waals surface area contributed by atoms with Crippen molar-refractivity contribution in [2.24, 2.45) is 0 Å². The van der Waals surface area contributed by atoms with E-state index in [0.717, 1.165) is 5.56 Å². The minimum absolute atomic E-state index is 0.00415. The van der Waals surface area contributed by atoms with Gasteiger partial charge in [-0.3, -0.25) is 0 Å². The molecule has 180 valence electrons. The van der Waals surface area contributed by atoms with E-state index >= 15 is 4.39 Å². The molecule has 0 aliphatic heterocycles. The van der Waals surface area contributed by atoms with Crippen molar-refractivity contribution in [2.45, 2.75) is 59.3 Å². The highest BCUT2D eigenvalue weighted by Crippen LogP contribution is 2.32. The Kier molecular flexibility index (Phi) is 7.09. The third-order valence-electron chi connectivity index (χ3n) is 4.50. The fraction of sp³-hybridized carbons (Fsp3) is 0.346. The van der Waals surface area contributed by atoms with Crippen LogP contribution in [0.25, 0.3) is 10.8 Å². The standard InChI is InChI=1S/C26H30FN3O4/c1-25(2,3)33-23(31)30(24(32)34-26(4,5)6)22-21-18(12-13-28-22)14-19(15-20(21)27)29-16-17-10-8-7-9-11-17/h7-15,29H,16H2,1-6H3. The van der Waals surface area contributed by atoms with Gasteiger partial charge in [0.05, 0.1) is 5.39 Å². The Hall–Kier alpha value is -3.68. The monoisotopic (exact) mass is 467 g/mol. The van der Waals surface area contributed by atoms with Crippen LogP contribution in [0.3, 0.4) is 0 Å². The van der Waals surface area contributed by atoms with Crippen LogP contribution in [-0.2, 0) is 16.0 Å². The maximum Gasteiger partial charge on any atom is 0.425 e. The highest BCUT2D eigenvalue weighted by Gasteiger charge is 2.35. The molecule has 1 heterocycles. The van der Waals surface area contributed by atoms with Gasteiger partial charge in [0.25, 0.3) is 0 Å². The minimum Gasteiger partial charge on any atom is -0.443 e. The third kappa shape index (κ3) is 6.43. The van der Waals surface area contributed by atoms with Crippen molar-refractivity contribution in [3.8, 4) is 0 Å². The number of carbonyl (C=O) groups excluding carboxylic acids is 2. The molecule has 0 bridgehead atoms. The molecule has 3 aromatic rings. The molecule has 2 amide bonds. The molecule has 34 heavy (non-hydrogen) atoms. The van der Waals surface area contributed by atoms with Gasteiger partial charge in [0.15, 0.2) is 5.82 Å². The number of carbonyl (C=O) groups is 2. The number of anilines is 2. The van der Waals surface area contributed by atoms with Crippen LogP contribution < -0.4 is 10.2 Å². The average molecular weight is 468 g/mol. The number of nitrogens with one attached hydrogen (secondary N) is 1. The van der Waals surface area contributed by atoms with Gasteiger partial charge in [-0.1, -0.05) is 30.3 Å². The zero-order valence-electron chi connectivity index (χ0n) is 20.3. The number of benzene rings is 2. The van der Waals surface area contributed by atoms with Crippen LogP contribution in [0.15, 0.2) is 54.7 Å². The molecule has 2 aromatic carbocycles. The molecule has 0 saturated heterocycles. The second-order valence-corrected chi connectivity index (χ2v) is 9.83. The number of hydrogen-bond acceptors (Lipinski definition) is 6. The number of aromatic nitrogens is 1. The molecule has 8 heteroatoms.